The topological polar surface area (TPSA) is 92.2 Å². The van der Waals surface area contributed by atoms with Crippen LogP contribution in [0.25, 0.3) is 10.9 Å². The van der Waals surface area contributed by atoms with Gasteiger partial charge in [-0.1, -0.05) is 13.8 Å². The van der Waals surface area contributed by atoms with Crippen molar-refractivity contribution in [2.75, 3.05) is 39.8 Å². The fraction of sp³-hybridized carbons (Fsp3) is 0.583. The quantitative estimate of drug-likeness (QED) is 0.561. The molecule has 0 spiro atoms. The molecule has 9 heteroatoms. The van der Waals surface area contributed by atoms with Crippen LogP contribution in [0.5, 0.6) is 5.75 Å². The molecule has 0 amide bonds. The summed E-state index contributed by atoms with van der Waals surface area (Å²) in [6.07, 6.45) is 2.01. The Morgan fingerprint density at radius 3 is 2.58 bits per heavy atom. The molecule has 1 fully saturated rings. The number of ether oxygens (including phenoxy) is 1. The number of aromatic nitrogens is 5. The molecule has 0 radical (unpaired) electrons. The minimum absolute atomic E-state index is 0.113. The van der Waals surface area contributed by atoms with Crippen LogP contribution in [-0.2, 0) is 5.54 Å². The van der Waals surface area contributed by atoms with E-state index >= 15 is 0 Å². The number of H-pyrrole nitrogens is 1. The standard InChI is InChI=1S/C24H35N7O2/c1-6-10-29-11-13-30(14-12-29)21(22-26-27-28-31(22)24(3,4)7-2)19-16-17-15-18(33-5)8-9-20(17)25-23(19)32/h8-9,15-16,21H,6-7,10-14H2,1-5H3,(H,25,32). The maximum atomic E-state index is 13.4. The van der Waals surface area contributed by atoms with Crippen LogP contribution in [-0.4, -0.2) is 74.8 Å². The second-order valence-electron chi connectivity index (χ2n) is 9.40. The van der Waals surface area contributed by atoms with Gasteiger partial charge in [-0.15, -0.1) is 5.10 Å². The summed E-state index contributed by atoms with van der Waals surface area (Å²) < 4.78 is 7.30. The molecular formula is C24H35N7O2. The minimum Gasteiger partial charge on any atom is -0.497 e. The van der Waals surface area contributed by atoms with Gasteiger partial charge in [0.2, 0.25) is 0 Å². The molecule has 1 unspecified atom stereocenters. The third-order valence-corrected chi connectivity index (χ3v) is 6.86. The molecule has 4 rings (SSSR count). The van der Waals surface area contributed by atoms with Crippen molar-refractivity contribution >= 4 is 10.9 Å². The summed E-state index contributed by atoms with van der Waals surface area (Å²) in [4.78, 5) is 21.2. The first-order valence-corrected chi connectivity index (χ1v) is 11.8. The Bertz CT molecular complexity index is 1150. The summed E-state index contributed by atoms with van der Waals surface area (Å²) in [5, 5.41) is 13.8. The smallest absolute Gasteiger partial charge is 0.253 e. The first-order valence-electron chi connectivity index (χ1n) is 11.8. The summed E-state index contributed by atoms with van der Waals surface area (Å²) in [6, 6.07) is 7.31. The predicted octanol–water partition coefficient (Wildman–Crippen LogP) is 2.79. The number of hydrogen-bond acceptors (Lipinski definition) is 7. The van der Waals surface area contributed by atoms with Crippen molar-refractivity contribution in [3.8, 4) is 5.75 Å². The second-order valence-corrected chi connectivity index (χ2v) is 9.40. The lowest BCUT2D eigenvalue weighted by Gasteiger charge is -2.39. The van der Waals surface area contributed by atoms with Gasteiger partial charge in [0.25, 0.3) is 5.56 Å². The molecule has 1 saturated heterocycles. The molecule has 33 heavy (non-hydrogen) atoms. The molecule has 1 atom stereocenters. The summed E-state index contributed by atoms with van der Waals surface area (Å²) >= 11 is 0. The number of pyridine rings is 1. The molecule has 1 aromatic carbocycles. The Labute approximate surface area is 194 Å². The van der Waals surface area contributed by atoms with Gasteiger partial charge in [0.1, 0.15) is 11.8 Å². The zero-order valence-electron chi connectivity index (χ0n) is 20.3. The highest BCUT2D eigenvalue weighted by Gasteiger charge is 2.35. The summed E-state index contributed by atoms with van der Waals surface area (Å²) in [5.74, 6) is 1.46. The van der Waals surface area contributed by atoms with Crippen molar-refractivity contribution in [1.29, 1.82) is 0 Å². The Kier molecular flexibility index (Phi) is 6.81. The molecule has 3 heterocycles. The highest BCUT2D eigenvalue weighted by atomic mass is 16.5. The molecule has 2 aromatic heterocycles. The number of benzene rings is 1. The van der Waals surface area contributed by atoms with Gasteiger partial charge in [0.15, 0.2) is 5.82 Å². The Morgan fingerprint density at radius 2 is 1.91 bits per heavy atom. The van der Waals surface area contributed by atoms with E-state index in [1.54, 1.807) is 7.11 Å². The summed E-state index contributed by atoms with van der Waals surface area (Å²) in [7, 11) is 1.65. The lowest BCUT2D eigenvalue weighted by atomic mass is 9.99. The Balaban J connectivity index is 1.83. The normalized spacial score (nSPS) is 16.9. The highest BCUT2D eigenvalue weighted by molar-refractivity contribution is 5.80. The molecule has 0 saturated carbocycles. The van der Waals surface area contributed by atoms with Crippen molar-refractivity contribution in [2.24, 2.45) is 0 Å². The minimum atomic E-state index is -0.339. The van der Waals surface area contributed by atoms with Crippen LogP contribution in [0.3, 0.4) is 0 Å². The fourth-order valence-corrected chi connectivity index (χ4v) is 4.54. The van der Waals surface area contributed by atoms with Crippen molar-refractivity contribution < 1.29 is 4.74 Å². The van der Waals surface area contributed by atoms with Crippen molar-refractivity contribution in [3.05, 3.63) is 46.0 Å². The van der Waals surface area contributed by atoms with Crippen LogP contribution in [0.1, 0.15) is 58.0 Å². The van der Waals surface area contributed by atoms with Crippen molar-refractivity contribution in [2.45, 2.75) is 52.1 Å². The lowest BCUT2D eigenvalue weighted by Crippen LogP contribution is -2.49. The maximum absolute atomic E-state index is 13.4. The number of hydrogen-bond donors (Lipinski definition) is 1. The number of aromatic amines is 1. The third-order valence-electron chi connectivity index (χ3n) is 6.86. The van der Waals surface area contributed by atoms with Gasteiger partial charge in [-0.2, -0.15) is 0 Å². The lowest BCUT2D eigenvalue weighted by molar-refractivity contribution is 0.101. The molecule has 1 aliphatic rings. The third kappa shape index (κ3) is 4.65. The highest BCUT2D eigenvalue weighted by Crippen LogP contribution is 2.31. The molecule has 3 aromatic rings. The van der Waals surface area contributed by atoms with Gasteiger partial charge in [0, 0.05) is 42.6 Å². The summed E-state index contributed by atoms with van der Waals surface area (Å²) in [5.41, 5.74) is 1.05. The van der Waals surface area contributed by atoms with Crippen LogP contribution in [0.2, 0.25) is 0 Å². The Morgan fingerprint density at radius 1 is 1.15 bits per heavy atom. The van der Waals surface area contributed by atoms with Gasteiger partial charge < -0.3 is 14.6 Å². The van der Waals surface area contributed by atoms with E-state index in [1.165, 1.54) is 0 Å². The van der Waals surface area contributed by atoms with E-state index in [9.17, 15) is 4.79 Å². The zero-order chi connectivity index (χ0) is 23.6. The molecule has 1 aliphatic heterocycles. The van der Waals surface area contributed by atoms with Crippen LogP contribution >= 0.6 is 0 Å². The largest absolute Gasteiger partial charge is 0.497 e. The fourth-order valence-electron chi connectivity index (χ4n) is 4.54. The first-order chi connectivity index (χ1) is 15.9. The average molecular weight is 454 g/mol. The molecule has 1 N–H and O–H groups in total. The van der Waals surface area contributed by atoms with E-state index in [-0.39, 0.29) is 17.1 Å². The van der Waals surface area contributed by atoms with Crippen LogP contribution in [0, 0.1) is 0 Å². The summed E-state index contributed by atoms with van der Waals surface area (Å²) in [6.45, 7) is 13.3. The van der Waals surface area contributed by atoms with Crippen LogP contribution in [0.15, 0.2) is 29.1 Å². The number of piperazine rings is 1. The Hall–Kier alpha value is -2.78. The van der Waals surface area contributed by atoms with E-state index in [0.29, 0.717) is 11.4 Å². The van der Waals surface area contributed by atoms with E-state index in [0.717, 1.165) is 62.2 Å². The monoisotopic (exact) mass is 453 g/mol. The molecule has 178 valence electrons. The van der Waals surface area contributed by atoms with Gasteiger partial charge in [-0.3, -0.25) is 9.69 Å². The predicted molar refractivity (Wildman–Crippen MR) is 129 cm³/mol. The number of tetrazole rings is 1. The first kappa shape index (κ1) is 23.4. The zero-order valence-corrected chi connectivity index (χ0v) is 20.3. The van der Waals surface area contributed by atoms with Crippen LogP contribution in [0.4, 0.5) is 0 Å². The van der Waals surface area contributed by atoms with Gasteiger partial charge in [-0.05, 0) is 67.9 Å². The van der Waals surface area contributed by atoms with Gasteiger partial charge >= 0.3 is 0 Å². The molecule has 0 aliphatic carbocycles. The van der Waals surface area contributed by atoms with Gasteiger partial charge in [0.05, 0.1) is 12.6 Å². The molecule has 0 bridgehead atoms. The van der Waals surface area contributed by atoms with Crippen molar-refractivity contribution in [1.82, 2.24) is 35.0 Å². The average Bonchev–Trinajstić information content (AvgIpc) is 3.31. The number of nitrogens with one attached hydrogen (secondary N) is 1. The van der Waals surface area contributed by atoms with E-state index in [1.807, 2.05) is 28.9 Å². The van der Waals surface area contributed by atoms with Crippen molar-refractivity contribution in [3.63, 3.8) is 0 Å². The van der Waals surface area contributed by atoms with E-state index in [4.69, 9.17) is 4.74 Å². The van der Waals surface area contributed by atoms with Gasteiger partial charge in [-0.25, -0.2) is 4.68 Å². The second kappa shape index (κ2) is 9.61. The molecule has 9 nitrogen and oxygen atoms in total. The number of fused-ring (bicyclic) bond motifs is 1. The van der Waals surface area contributed by atoms with E-state index in [2.05, 4.69) is 58.0 Å². The maximum Gasteiger partial charge on any atom is 0.253 e. The SMILES string of the molecule is CCCN1CCN(C(c2cc3cc(OC)ccc3[nH]c2=O)c2nnnn2C(C)(C)CC)CC1. The van der Waals surface area contributed by atoms with Crippen LogP contribution < -0.4 is 10.3 Å². The number of nitrogens with zero attached hydrogens (tertiary/aromatic N) is 6. The molecular weight excluding hydrogens is 418 g/mol. The van der Waals surface area contributed by atoms with E-state index < -0.39 is 0 Å². The number of rotatable bonds is 8. The number of methoxy groups -OCH3 is 1.